The molecule has 0 saturated carbocycles. The summed E-state index contributed by atoms with van der Waals surface area (Å²) in [5, 5.41) is 2.70. The van der Waals surface area contributed by atoms with Crippen molar-refractivity contribution in [2.24, 2.45) is 5.73 Å². The molecule has 1 amide bonds. The summed E-state index contributed by atoms with van der Waals surface area (Å²) < 4.78 is 27.1. The lowest BCUT2D eigenvalue weighted by Crippen LogP contribution is -2.39. The maximum Gasteiger partial charge on any atom is 0.240 e. The van der Waals surface area contributed by atoms with Gasteiger partial charge in [0.15, 0.2) is 0 Å². The Labute approximate surface area is 137 Å². The fourth-order valence-corrected chi connectivity index (χ4v) is 3.75. The molecule has 0 aliphatic heterocycles. The highest BCUT2D eigenvalue weighted by Crippen LogP contribution is 2.23. The quantitative estimate of drug-likeness (QED) is 0.680. The van der Waals surface area contributed by atoms with Crippen molar-refractivity contribution < 1.29 is 13.2 Å². The van der Waals surface area contributed by atoms with Crippen LogP contribution in [-0.2, 0) is 27.7 Å². The van der Waals surface area contributed by atoms with E-state index >= 15 is 0 Å². The van der Waals surface area contributed by atoms with Crippen LogP contribution in [-0.4, -0.2) is 33.5 Å². The maximum absolute atomic E-state index is 12.3. The first kappa shape index (κ1) is 17.9. The zero-order chi connectivity index (χ0) is 16.9. The average Bonchev–Trinajstić information content (AvgIpc) is 2.54. The van der Waals surface area contributed by atoms with Gasteiger partial charge in [-0.3, -0.25) is 4.79 Å². The summed E-state index contributed by atoms with van der Waals surface area (Å²) >= 11 is 0. The normalized spacial score (nSPS) is 15.7. The molecule has 23 heavy (non-hydrogen) atoms. The van der Waals surface area contributed by atoms with Crippen molar-refractivity contribution in [1.29, 1.82) is 0 Å². The van der Waals surface area contributed by atoms with Gasteiger partial charge in [0.1, 0.15) is 0 Å². The van der Waals surface area contributed by atoms with Crippen LogP contribution in [0.5, 0.6) is 0 Å². The van der Waals surface area contributed by atoms with Crippen molar-refractivity contribution >= 4 is 15.9 Å². The lowest BCUT2D eigenvalue weighted by Gasteiger charge is -2.17. The summed E-state index contributed by atoms with van der Waals surface area (Å²) in [6, 6.07) is 5.19. The number of carbonyl (C=O) groups excluding carboxylic acids is 1. The molecule has 4 N–H and O–H groups in total. The summed E-state index contributed by atoms with van der Waals surface area (Å²) in [7, 11) is -3.58. The van der Waals surface area contributed by atoms with Gasteiger partial charge in [-0.15, -0.1) is 0 Å². The van der Waals surface area contributed by atoms with Gasteiger partial charge in [-0.2, -0.15) is 0 Å². The van der Waals surface area contributed by atoms with E-state index in [1.54, 1.807) is 19.1 Å². The Balaban J connectivity index is 1.93. The van der Waals surface area contributed by atoms with Gasteiger partial charge in [0.2, 0.25) is 15.9 Å². The smallest absolute Gasteiger partial charge is 0.240 e. The molecule has 1 aliphatic rings. The lowest BCUT2D eigenvalue weighted by molar-refractivity contribution is -0.121. The summed E-state index contributed by atoms with van der Waals surface area (Å²) in [5.74, 6) is -0.212. The summed E-state index contributed by atoms with van der Waals surface area (Å²) in [6.07, 6.45) is 4.30. The molecule has 1 aromatic rings. The summed E-state index contributed by atoms with van der Waals surface area (Å²) in [6.45, 7) is 2.23. The van der Waals surface area contributed by atoms with Gasteiger partial charge in [0, 0.05) is 25.6 Å². The van der Waals surface area contributed by atoms with Crippen molar-refractivity contribution in [2.75, 3.05) is 13.1 Å². The molecule has 0 aromatic heterocycles. The van der Waals surface area contributed by atoms with E-state index in [1.807, 2.05) is 6.07 Å². The molecule has 0 radical (unpaired) electrons. The zero-order valence-electron chi connectivity index (χ0n) is 13.5. The van der Waals surface area contributed by atoms with Crippen molar-refractivity contribution in [1.82, 2.24) is 10.0 Å². The topological polar surface area (TPSA) is 101 Å². The van der Waals surface area contributed by atoms with Crippen LogP contribution in [0.15, 0.2) is 23.1 Å². The monoisotopic (exact) mass is 339 g/mol. The highest BCUT2D eigenvalue weighted by Gasteiger charge is 2.18. The molecular formula is C16H25N3O3S. The van der Waals surface area contributed by atoms with E-state index in [9.17, 15) is 13.2 Å². The first-order valence-electron chi connectivity index (χ1n) is 8.03. The standard InChI is InChI=1S/C16H25N3O3S/c1-12(11-17)19-16(20)8-9-18-23(21,22)15-7-6-13-4-2-3-5-14(13)10-15/h6-7,10,12,18H,2-5,8-9,11,17H2,1H3,(H,19,20)/t12-/m0/s1. The van der Waals surface area contributed by atoms with Crippen molar-refractivity contribution in [3.8, 4) is 0 Å². The predicted molar refractivity (Wildman–Crippen MR) is 89.5 cm³/mol. The third kappa shape index (κ3) is 5.02. The third-order valence-corrected chi connectivity index (χ3v) is 5.49. The van der Waals surface area contributed by atoms with Crippen LogP contribution in [0.1, 0.15) is 37.3 Å². The number of sulfonamides is 1. The van der Waals surface area contributed by atoms with Gasteiger partial charge >= 0.3 is 0 Å². The molecule has 1 aliphatic carbocycles. The molecule has 0 fully saturated rings. The van der Waals surface area contributed by atoms with Crippen molar-refractivity contribution in [3.63, 3.8) is 0 Å². The Bertz CT molecular complexity index is 659. The van der Waals surface area contributed by atoms with Crippen LogP contribution in [0.3, 0.4) is 0 Å². The second-order valence-corrected chi connectivity index (χ2v) is 7.76. The molecule has 128 valence electrons. The van der Waals surface area contributed by atoms with Crippen LogP contribution >= 0.6 is 0 Å². The fourth-order valence-electron chi connectivity index (χ4n) is 2.67. The van der Waals surface area contributed by atoms with E-state index in [-0.39, 0.29) is 29.8 Å². The largest absolute Gasteiger partial charge is 0.352 e. The van der Waals surface area contributed by atoms with Crippen LogP contribution in [0.4, 0.5) is 0 Å². The Kier molecular flexibility index (Phi) is 6.15. The fraction of sp³-hybridized carbons (Fsp3) is 0.562. The number of hydrogen-bond acceptors (Lipinski definition) is 4. The Morgan fingerprint density at radius 2 is 1.96 bits per heavy atom. The Morgan fingerprint density at radius 1 is 1.26 bits per heavy atom. The molecule has 6 nitrogen and oxygen atoms in total. The molecular weight excluding hydrogens is 314 g/mol. The molecule has 7 heteroatoms. The van der Waals surface area contributed by atoms with E-state index in [0.29, 0.717) is 6.54 Å². The van der Waals surface area contributed by atoms with Gasteiger partial charge < -0.3 is 11.1 Å². The van der Waals surface area contributed by atoms with Crippen LogP contribution in [0.2, 0.25) is 0 Å². The zero-order valence-corrected chi connectivity index (χ0v) is 14.3. The summed E-state index contributed by atoms with van der Waals surface area (Å²) in [5.41, 5.74) is 7.78. The van der Waals surface area contributed by atoms with E-state index in [0.717, 1.165) is 31.2 Å². The van der Waals surface area contributed by atoms with Crippen LogP contribution in [0, 0.1) is 0 Å². The molecule has 0 heterocycles. The van der Waals surface area contributed by atoms with E-state index < -0.39 is 10.0 Å². The minimum absolute atomic E-state index is 0.0720. The molecule has 0 saturated heterocycles. The van der Waals surface area contributed by atoms with E-state index in [1.165, 1.54) is 5.56 Å². The van der Waals surface area contributed by atoms with Gasteiger partial charge in [-0.25, -0.2) is 13.1 Å². The maximum atomic E-state index is 12.3. The number of fused-ring (bicyclic) bond motifs is 1. The SMILES string of the molecule is C[C@@H](CN)NC(=O)CCNS(=O)(=O)c1ccc2c(c1)CCCC2. The van der Waals surface area contributed by atoms with Crippen LogP contribution in [0.25, 0.3) is 0 Å². The highest BCUT2D eigenvalue weighted by atomic mass is 32.2. The third-order valence-electron chi connectivity index (χ3n) is 4.04. The number of nitrogens with two attached hydrogens (primary N) is 1. The first-order valence-corrected chi connectivity index (χ1v) is 9.51. The van der Waals surface area contributed by atoms with Gasteiger partial charge in [-0.1, -0.05) is 6.07 Å². The second kappa shape index (κ2) is 7.90. The van der Waals surface area contributed by atoms with Crippen molar-refractivity contribution in [3.05, 3.63) is 29.3 Å². The molecule has 0 spiro atoms. The number of nitrogens with one attached hydrogen (secondary N) is 2. The van der Waals surface area contributed by atoms with Crippen molar-refractivity contribution in [2.45, 2.75) is 50.0 Å². The average molecular weight is 339 g/mol. The molecule has 1 aromatic carbocycles. The second-order valence-electron chi connectivity index (χ2n) is 5.99. The number of benzene rings is 1. The lowest BCUT2D eigenvalue weighted by atomic mass is 9.92. The van der Waals surface area contributed by atoms with E-state index in [2.05, 4.69) is 10.0 Å². The van der Waals surface area contributed by atoms with Gasteiger partial charge in [-0.05, 0) is 55.9 Å². The number of hydrogen-bond donors (Lipinski definition) is 3. The van der Waals surface area contributed by atoms with E-state index in [4.69, 9.17) is 5.73 Å². The van der Waals surface area contributed by atoms with Gasteiger partial charge in [0.05, 0.1) is 4.90 Å². The molecule has 0 unspecified atom stereocenters. The molecule has 2 rings (SSSR count). The number of rotatable bonds is 7. The van der Waals surface area contributed by atoms with Crippen LogP contribution < -0.4 is 15.8 Å². The summed E-state index contributed by atoms with van der Waals surface area (Å²) in [4.78, 5) is 11.9. The molecule has 0 bridgehead atoms. The number of carbonyl (C=O) groups is 1. The Hall–Kier alpha value is -1.44. The first-order chi connectivity index (χ1) is 10.9. The minimum atomic E-state index is -3.58. The predicted octanol–water partition coefficient (Wildman–Crippen LogP) is 0.697. The number of amides is 1. The molecule has 1 atom stereocenters. The number of aryl methyl sites for hydroxylation is 2. The Morgan fingerprint density at radius 3 is 2.65 bits per heavy atom. The van der Waals surface area contributed by atoms with Gasteiger partial charge in [0.25, 0.3) is 0 Å². The minimum Gasteiger partial charge on any atom is -0.352 e. The highest BCUT2D eigenvalue weighted by molar-refractivity contribution is 7.89.